The van der Waals surface area contributed by atoms with Gasteiger partial charge in [0.15, 0.2) is 0 Å². The van der Waals surface area contributed by atoms with Gasteiger partial charge in [-0.25, -0.2) is 8.42 Å². The summed E-state index contributed by atoms with van der Waals surface area (Å²) in [4.78, 5) is 12.4. The molecule has 2 aromatic carbocycles. The molecule has 1 aliphatic heterocycles. The van der Waals surface area contributed by atoms with E-state index in [-0.39, 0.29) is 29.6 Å². The van der Waals surface area contributed by atoms with E-state index in [4.69, 9.17) is 21.1 Å². The molecular weight excluding hydrogens is 428 g/mol. The predicted molar refractivity (Wildman–Crippen MR) is 116 cm³/mol. The van der Waals surface area contributed by atoms with Crippen molar-refractivity contribution in [3.63, 3.8) is 0 Å². The molecule has 7 nitrogen and oxygen atoms in total. The number of carbonyl (C=O) groups is 1. The first-order valence-electron chi connectivity index (χ1n) is 9.33. The average molecular weight is 451 g/mol. The summed E-state index contributed by atoms with van der Waals surface area (Å²) in [5.74, 6) is -0.105. The lowest BCUT2D eigenvalue weighted by molar-refractivity contribution is -0.111. The van der Waals surface area contributed by atoms with Gasteiger partial charge in [-0.15, -0.1) is 0 Å². The Balaban J connectivity index is 1.82. The van der Waals surface area contributed by atoms with Crippen LogP contribution in [0.3, 0.4) is 0 Å². The van der Waals surface area contributed by atoms with Gasteiger partial charge >= 0.3 is 0 Å². The van der Waals surface area contributed by atoms with Crippen molar-refractivity contribution in [3.8, 4) is 5.75 Å². The molecule has 2 aromatic rings. The number of anilines is 1. The van der Waals surface area contributed by atoms with Gasteiger partial charge in [-0.05, 0) is 48.4 Å². The zero-order valence-electron chi connectivity index (χ0n) is 16.7. The molecule has 1 aliphatic rings. The van der Waals surface area contributed by atoms with Crippen molar-refractivity contribution in [2.75, 3.05) is 38.7 Å². The van der Waals surface area contributed by atoms with Gasteiger partial charge in [-0.3, -0.25) is 4.79 Å². The minimum atomic E-state index is -3.75. The van der Waals surface area contributed by atoms with E-state index in [1.165, 1.54) is 23.6 Å². The van der Waals surface area contributed by atoms with E-state index in [2.05, 4.69) is 5.32 Å². The quantitative estimate of drug-likeness (QED) is 0.682. The Morgan fingerprint density at radius 2 is 1.97 bits per heavy atom. The van der Waals surface area contributed by atoms with Crippen LogP contribution >= 0.6 is 11.6 Å². The molecule has 1 heterocycles. The number of halogens is 1. The number of sulfonamides is 1. The van der Waals surface area contributed by atoms with Crippen molar-refractivity contribution in [1.82, 2.24) is 4.31 Å². The van der Waals surface area contributed by atoms with Gasteiger partial charge in [0.1, 0.15) is 10.6 Å². The summed E-state index contributed by atoms with van der Waals surface area (Å²) < 4.78 is 37.9. The third-order valence-corrected chi connectivity index (χ3v) is 7.06. The van der Waals surface area contributed by atoms with Gasteiger partial charge in [0.25, 0.3) is 0 Å². The molecule has 3 rings (SSSR count). The first kappa shape index (κ1) is 22.3. The summed E-state index contributed by atoms with van der Waals surface area (Å²) in [6.45, 7) is 3.09. The van der Waals surface area contributed by atoms with E-state index in [1.807, 2.05) is 6.92 Å². The van der Waals surface area contributed by atoms with Crippen LogP contribution in [-0.4, -0.2) is 52.0 Å². The fourth-order valence-electron chi connectivity index (χ4n) is 3.01. The third-order valence-electron chi connectivity index (χ3n) is 4.73. The molecule has 0 atom stereocenters. The normalized spacial score (nSPS) is 15.3. The molecule has 0 aliphatic carbocycles. The van der Waals surface area contributed by atoms with Gasteiger partial charge < -0.3 is 14.8 Å². The summed E-state index contributed by atoms with van der Waals surface area (Å²) in [6.07, 6.45) is 2.89. The summed E-state index contributed by atoms with van der Waals surface area (Å²) in [5, 5.41) is 3.33. The first-order chi connectivity index (χ1) is 14.3. The van der Waals surface area contributed by atoms with E-state index < -0.39 is 10.0 Å². The molecule has 0 radical (unpaired) electrons. The number of nitrogens with zero attached hydrogens (tertiary/aromatic N) is 1. The van der Waals surface area contributed by atoms with Crippen LogP contribution in [0, 0.1) is 6.92 Å². The van der Waals surface area contributed by atoms with Crippen LogP contribution in [0.5, 0.6) is 5.75 Å². The molecule has 0 saturated carbocycles. The number of amides is 1. The van der Waals surface area contributed by atoms with Crippen molar-refractivity contribution < 1.29 is 22.7 Å². The van der Waals surface area contributed by atoms with Crippen molar-refractivity contribution in [2.24, 2.45) is 0 Å². The van der Waals surface area contributed by atoms with E-state index >= 15 is 0 Å². The van der Waals surface area contributed by atoms with Crippen LogP contribution in [-0.2, 0) is 19.6 Å². The van der Waals surface area contributed by atoms with Gasteiger partial charge in [-0.1, -0.05) is 23.7 Å². The number of hydrogen-bond acceptors (Lipinski definition) is 5. The highest BCUT2D eigenvalue weighted by atomic mass is 35.5. The maximum absolute atomic E-state index is 13.0. The highest BCUT2D eigenvalue weighted by Gasteiger charge is 2.29. The smallest absolute Gasteiger partial charge is 0.248 e. The zero-order chi connectivity index (χ0) is 21.7. The Morgan fingerprint density at radius 1 is 1.23 bits per heavy atom. The lowest BCUT2D eigenvalue weighted by atomic mass is 10.2. The number of ether oxygens (including phenoxy) is 2. The second-order valence-corrected chi connectivity index (χ2v) is 8.98. The van der Waals surface area contributed by atoms with Gasteiger partial charge in [-0.2, -0.15) is 4.31 Å². The molecule has 1 saturated heterocycles. The van der Waals surface area contributed by atoms with Crippen LogP contribution in [0.25, 0.3) is 6.08 Å². The van der Waals surface area contributed by atoms with E-state index in [1.54, 1.807) is 36.4 Å². The van der Waals surface area contributed by atoms with Crippen molar-refractivity contribution >= 4 is 39.3 Å². The molecule has 1 fully saturated rings. The number of nitrogens with one attached hydrogen (secondary N) is 1. The summed E-state index contributed by atoms with van der Waals surface area (Å²) in [6, 6.07) is 10.0. The number of methoxy groups -OCH3 is 1. The number of carbonyl (C=O) groups excluding carboxylic acids is 1. The topological polar surface area (TPSA) is 84.9 Å². The summed E-state index contributed by atoms with van der Waals surface area (Å²) >= 11 is 6.07. The Labute approximate surface area is 181 Å². The van der Waals surface area contributed by atoms with Gasteiger partial charge in [0, 0.05) is 29.9 Å². The van der Waals surface area contributed by atoms with Crippen molar-refractivity contribution in [1.29, 1.82) is 0 Å². The molecule has 9 heteroatoms. The molecule has 30 heavy (non-hydrogen) atoms. The molecular formula is C21H23ClN2O5S. The second-order valence-electron chi connectivity index (χ2n) is 6.66. The van der Waals surface area contributed by atoms with Crippen molar-refractivity contribution in [2.45, 2.75) is 11.8 Å². The molecule has 0 aromatic heterocycles. The summed E-state index contributed by atoms with van der Waals surface area (Å²) in [5.41, 5.74) is 1.94. The standard InChI is InChI=1S/C21H23ClN2O5S/c1-15-17(22)4-3-5-18(15)23-21(25)9-7-16-6-8-19(28-2)20(14-16)30(26,27)24-10-12-29-13-11-24/h3-9,14H,10-13H2,1-2H3,(H,23,25)/b9-7+. The lowest BCUT2D eigenvalue weighted by Gasteiger charge is -2.26. The number of rotatable bonds is 6. The largest absolute Gasteiger partial charge is 0.495 e. The molecule has 0 unspecified atom stereocenters. The van der Waals surface area contributed by atoms with Gasteiger partial charge in [0.2, 0.25) is 15.9 Å². The van der Waals surface area contributed by atoms with E-state index in [9.17, 15) is 13.2 Å². The third kappa shape index (κ3) is 5.02. The Kier molecular flexibility index (Phi) is 7.14. The fraction of sp³-hybridized carbons (Fsp3) is 0.286. The fourth-order valence-corrected chi connectivity index (χ4v) is 4.79. The van der Waals surface area contributed by atoms with Crippen molar-refractivity contribution in [3.05, 3.63) is 58.6 Å². The molecule has 0 bridgehead atoms. The molecule has 0 spiro atoms. The van der Waals surface area contributed by atoms with Crippen LogP contribution in [0.4, 0.5) is 5.69 Å². The number of hydrogen-bond donors (Lipinski definition) is 1. The summed E-state index contributed by atoms with van der Waals surface area (Å²) in [7, 11) is -2.32. The predicted octanol–water partition coefficient (Wildman–Crippen LogP) is 3.33. The number of morpholine rings is 1. The minimum absolute atomic E-state index is 0.0557. The Morgan fingerprint density at radius 3 is 2.67 bits per heavy atom. The first-order valence-corrected chi connectivity index (χ1v) is 11.1. The maximum atomic E-state index is 13.0. The number of benzene rings is 2. The van der Waals surface area contributed by atoms with Crippen LogP contribution in [0.2, 0.25) is 5.02 Å². The minimum Gasteiger partial charge on any atom is -0.495 e. The highest BCUT2D eigenvalue weighted by molar-refractivity contribution is 7.89. The zero-order valence-corrected chi connectivity index (χ0v) is 18.3. The Bertz CT molecular complexity index is 1060. The van der Waals surface area contributed by atoms with E-state index in [0.717, 1.165) is 5.56 Å². The maximum Gasteiger partial charge on any atom is 0.248 e. The molecule has 1 N–H and O–H groups in total. The highest BCUT2D eigenvalue weighted by Crippen LogP contribution is 2.29. The second kappa shape index (κ2) is 9.61. The Hall–Kier alpha value is -2.39. The molecule has 1 amide bonds. The van der Waals surface area contributed by atoms with Gasteiger partial charge in [0.05, 0.1) is 20.3 Å². The molecule has 160 valence electrons. The van der Waals surface area contributed by atoms with Crippen LogP contribution in [0.1, 0.15) is 11.1 Å². The van der Waals surface area contributed by atoms with E-state index in [0.29, 0.717) is 29.5 Å². The van der Waals surface area contributed by atoms with Crippen LogP contribution in [0.15, 0.2) is 47.4 Å². The SMILES string of the molecule is COc1ccc(/C=C/C(=O)Nc2cccc(Cl)c2C)cc1S(=O)(=O)N1CCOCC1. The average Bonchev–Trinajstić information content (AvgIpc) is 2.76. The lowest BCUT2D eigenvalue weighted by Crippen LogP contribution is -2.40. The monoisotopic (exact) mass is 450 g/mol. The van der Waals surface area contributed by atoms with Crippen LogP contribution < -0.4 is 10.1 Å².